The van der Waals surface area contributed by atoms with Crippen LogP contribution in [-0.4, -0.2) is 42.3 Å². The molecule has 0 amide bonds. The molecule has 2 aliphatic carbocycles. The lowest BCUT2D eigenvalue weighted by molar-refractivity contribution is 0.685. The second kappa shape index (κ2) is 4.66. The Morgan fingerprint density at radius 2 is 2.05 bits per heavy atom. The van der Waals surface area contributed by atoms with Crippen LogP contribution in [0.4, 0.5) is 5.95 Å². The molecule has 0 unspecified atom stereocenters. The van der Waals surface area contributed by atoms with E-state index in [1.165, 1.54) is 36.7 Å². The molecule has 0 spiro atoms. The molecule has 2 aromatic heterocycles. The van der Waals surface area contributed by atoms with Crippen LogP contribution in [0.2, 0.25) is 5.28 Å². The lowest BCUT2D eigenvalue weighted by Crippen LogP contribution is -2.30. The number of aromatic nitrogens is 6. The highest BCUT2D eigenvalue weighted by molar-refractivity contribution is 6.28. The minimum Gasteiger partial charge on any atom is -0.337 e. The minimum absolute atomic E-state index is 0.196. The van der Waals surface area contributed by atoms with Crippen molar-refractivity contribution in [1.82, 2.24) is 29.7 Å². The molecule has 2 aliphatic rings. The van der Waals surface area contributed by atoms with Crippen molar-refractivity contribution in [3.05, 3.63) is 17.9 Å². The lowest BCUT2D eigenvalue weighted by Gasteiger charge is -2.22. The van der Waals surface area contributed by atoms with Crippen molar-refractivity contribution in [3.63, 3.8) is 0 Å². The van der Waals surface area contributed by atoms with E-state index in [9.17, 15) is 0 Å². The van der Waals surface area contributed by atoms with Crippen molar-refractivity contribution in [1.29, 1.82) is 0 Å². The quantitative estimate of drug-likeness (QED) is 0.831. The molecule has 2 saturated carbocycles. The van der Waals surface area contributed by atoms with E-state index >= 15 is 0 Å². The van der Waals surface area contributed by atoms with Gasteiger partial charge in [-0.25, -0.2) is 4.98 Å². The fourth-order valence-electron chi connectivity index (χ4n) is 2.23. The van der Waals surface area contributed by atoms with Crippen molar-refractivity contribution >= 4 is 17.5 Å². The first-order valence-electron chi connectivity index (χ1n) is 6.83. The average molecular weight is 292 g/mol. The third kappa shape index (κ3) is 2.45. The van der Waals surface area contributed by atoms with Crippen molar-refractivity contribution in [2.75, 3.05) is 11.4 Å². The molecule has 2 aromatic rings. The molecule has 0 bridgehead atoms. The van der Waals surface area contributed by atoms with Crippen LogP contribution in [0.3, 0.4) is 0 Å². The van der Waals surface area contributed by atoms with Crippen LogP contribution < -0.4 is 4.90 Å². The summed E-state index contributed by atoms with van der Waals surface area (Å²) in [5.41, 5.74) is 0. The number of rotatable bonds is 5. The Kier molecular flexibility index (Phi) is 2.80. The molecule has 0 radical (unpaired) electrons. The molecule has 2 heterocycles. The maximum Gasteiger partial charge on any atom is 0.258 e. The van der Waals surface area contributed by atoms with Gasteiger partial charge in [0.1, 0.15) is 12.7 Å². The normalized spacial score (nSPS) is 18.2. The molecule has 20 heavy (non-hydrogen) atoms. The molecular formula is C12H14ClN7. The number of hydrogen-bond donors (Lipinski definition) is 0. The standard InChI is InChI=1S/C12H14ClN7/c13-10-16-11(18-12(17-10)20-7-14-6-15-20)19(9-3-4-9)5-8-1-2-8/h6-9H,1-5H2. The summed E-state index contributed by atoms with van der Waals surface area (Å²) in [4.78, 5) is 19.1. The summed E-state index contributed by atoms with van der Waals surface area (Å²) in [6.45, 7) is 1.02. The van der Waals surface area contributed by atoms with E-state index in [0.29, 0.717) is 17.9 Å². The van der Waals surface area contributed by atoms with Crippen LogP contribution in [-0.2, 0) is 0 Å². The van der Waals surface area contributed by atoms with Crippen LogP contribution in [0.25, 0.3) is 5.95 Å². The van der Waals surface area contributed by atoms with E-state index in [4.69, 9.17) is 11.6 Å². The third-order valence-corrected chi connectivity index (χ3v) is 3.77. The third-order valence-electron chi connectivity index (χ3n) is 3.60. The van der Waals surface area contributed by atoms with E-state index in [1.807, 2.05) is 0 Å². The average Bonchev–Trinajstić information content (AvgIpc) is 3.35. The topological polar surface area (TPSA) is 72.6 Å². The Bertz CT molecular complexity index is 606. The summed E-state index contributed by atoms with van der Waals surface area (Å²) in [5.74, 6) is 1.85. The van der Waals surface area contributed by atoms with Crippen LogP contribution >= 0.6 is 11.6 Å². The SMILES string of the molecule is Clc1nc(N(CC2CC2)C2CC2)nc(-n2cncn2)n1. The smallest absolute Gasteiger partial charge is 0.258 e. The molecule has 2 fully saturated rings. The maximum atomic E-state index is 6.04. The van der Waals surface area contributed by atoms with Crippen LogP contribution in [0.5, 0.6) is 0 Å². The first-order chi connectivity index (χ1) is 9.79. The van der Waals surface area contributed by atoms with Gasteiger partial charge in [-0.1, -0.05) is 0 Å². The number of halogens is 1. The van der Waals surface area contributed by atoms with Crippen molar-refractivity contribution in [2.45, 2.75) is 31.7 Å². The Morgan fingerprint density at radius 1 is 1.20 bits per heavy atom. The molecule has 0 saturated heterocycles. The first kappa shape index (κ1) is 12.0. The lowest BCUT2D eigenvalue weighted by atomic mass is 10.3. The zero-order valence-corrected chi connectivity index (χ0v) is 11.6. The van der Waals surface area contributed by atoms with Crippen molar-refractivity contribution in [3.8, 4) is 5.95 Å². The molecule has 0 aliphatic heterocycles. The van der Waals surface area contributed by atoms with Gasteiger partial charge in [0.2, 0.25) is 11.2 Å². The van der Waals surface area contributed by atoms with E-state index in [0.717, 1.165) is 12.5 Å². The monoisotopic (exact) mass is 291 g/mol. The number of nitrogens with zero attached hydrogens (tertiary/aromatic N) is 7. The number of hydrogen-bond acceptors (Lipinski definition) is 6. The summed E-state index contributed by atoms with van der Waals surface area (Å²) < 4.78 is 1.50. The Morgan fingerprint density at radius 3 is 2.70 bits per heavy atom. The van der Waals surface area contributed by atoms with E-state index in [-0.39, 0.29) is 5.28 Å². The summed E-state index contributed by atoms with van der Waals surface area (Å²) in [6.07, 6.45) is 8.01. The van der Waals surface area contributed by atoms with E-state index in [2.05, 4.69) is 29.9 Å². The molecule has 0 aromatic carbocycles. The van der Waals surface area contributed by atoms with E-state index in [1.54, 1.807) is 6.33 Å². The highest BCUT2D eigenvalue weighted by Gasteiger charge is 2.35. The summed E-state index contributed by atoms with van der Waals surface area (Å²) in [6, 6.07) is 0.553. The van der Waals surface area contributed by atoms with Gasteiger partial charge in [0.15, 0.2) is 0 Å². The van der Waals surface area contributed by atoms with Gasteiger partial charge in [-0.2, -0.15) is 24.7 Å². The molecule has 7 nitrogen and oxygen atoms in total. The zero-order valence-electron chi connectivity index (χ0n) is 10.9. The van der Waals surface area contributed by atoms with Gasteiger partial charge in [-0.3, -0.25) is 0 Å². The highest BCUT2D eigenvalue weighted by atomic mass is 35.5. The molecule has 4 rings (SSSR count). The fourth-order valence-corrected chi connectivity index (χ4v) is 2.38. The van der Waals surface area contributed by atoms with Gasteiger partial charge in [0.05, 0.1) is 0 Å². The summed E-state index contributed by atoms with van der Waals surface area (Å²) in [7, 11) is 0. The maximum absolute atomic E-state index is 6.04. The van der Waals surface area contributed by atoms with Crippen LogP contribution in [0.1, 0.15) is 25.7 Å². The van der Waals surface area contributed by atoms with E-state index < -0.39 is 0 Å². The Balaban J connectivity index is 1.68. The summed E-state index contributed by atoms with van der Waals surface area (Å²) in [5, 5.41) is 4.23. The molecular weight excluding hydrogens is 278 g/mol. The van der Waals surface area contributed by atoms with Gasteiger partial charge in [0.25, 0.3) is 5.95 Å². The fraction of sp³-hybridized carbons (Fsp3) is 0.583. The number of anilines is 1. The first-order valence-corrected chi connectivity index (χ1v) is 7.20. The van der Waals surface area contributed by atoms with Gasteiger partial charge in [-0.15, -0.1) is 0 Å². The predicted octanol–water partition coefficient (Wildman–Crippen LogP) is 1.48. The largest absolute Gasteiger partial charge is 0.337 e. The highest BCUT2D eigenvalue weighted by Crippen LogP contribution is 2.36. The second-order valence-corrected chi connectivity index (χ2v) is 5.71. The van der Waals surface area contributed by atoms with Gasteiger partial charge in [0, 0.05) is 12.6 Å². The molecule has 0 atom stereocenters. The van der Waals surface area contributed by atoms with Gasteiger partial charge < -0.3 is 4.90 Å². The summed E-state index contributed by atoms with van der Waals surface area (Å²) >= 11 is 6.04. The second-order valence-electron chi connectivity index (χ2n) is 5.37. The zero-order chi connectivity index (χ0) is 13.5. The van der Waals surface area contributed by atoms with Crippen molar-refractivity contribution < 1.29 is 0 Å². The predicted molar refractivity (Wildman–Crippen MR) is 72.8 cm³/mol. The Labute approximate surface area is 121 Å². The van der Waals surface area contributed by atoms with Gasteiger partial charge in [-0.05, 0) is 43.2 Å². The molecule has 0 N–H and O–H groups in total. The van der Waals surface area contributed by atoms with Crippen LogP contribution in [0, 0.1) is 5.92 Å². The van der Waals surface area contributed by atoms with Gasteiger partial charge >= 0.3 is 0 Å². The molecule has 104 valence electrons. The van der Waals surface area contributed by atoms with Crippen molar-refractivity contribution in [2.24, 2.45) is 5.92 Å². The molecule has 8 heteroatoms. The minimum atomic E-state index is 0.196. The van der Waals surface area contributed by atoms with Crippen LogP contribution in [0.15, 0.2) is 12.7 Å². The Hall–Kier alpha value is -1.76.